The minimum atomic E-state index is -1.17. The average Bonchev–Trinajstić information content (AvgIpc) is 2.84. The summed E-state index contributed by atoms with van der Waals surface area (Å²) >= 11 is 0. The number of nitrogens with one attached hydrogen (secondary N) is 1. The van der Waals surface area contributed by atoms with Gasteiger partial charge in [0.05, 0.1) is 11.5 Å². The molecule has 0 aromatic heterocycles. The molecular weight excluding hydrogens is 476 g/mol. The molecule has 4 aliphatic rings. The Morgan fingerprint density at radius 3 is 2.11 bits per heavy atom. The summed E-state index contributed by atoms with van der Waals surface area (Å²) in [6, 6.07) is 6.94. The lowest BCUT2D eigenvalue weighted by Gasteiger charge is -2.56. The zero-order valence-corrected chi connectivity index (χ0v) is 21.2. The summed E-state index contributed by atoms with van der Waals surface area (Å²) < 4.78 is 5.41. The van der Waals surface area contributed by atoms with Gasteiger partial charge >= 0.3 is 6.09 Å². The molecule has 4 saturated carbocycles. The van der Waals surface area contributed by atoms with Gasteiger partial charge in [0.15, 0.2) is 0 Å². The SMILES string of the molecule is C[C@H](N)C(=O)N[C@H](CCC(=O)N(C(=O)OCc1ccccc1)C(=O)C12CC3CC(CC(C3)C1)C2)C(N)=O. The Morgan fingerprint density at radius 2 is 1.59 bits per heavy atom. The fourth-order valence-corrected chi connectivity index (χ4v) is 6.66. The van der Waals surface area contributed by atoms with Crippen molar-refractivity contribution >= 4 is 29.7 Å². The van der Waals surface area contributed by atoms with Crippen LogP contribution in [0.4, 0.5) is 4.79 Å². The van der Waals surface area contributed by atoms with Crippen LogP contribution < -0.4 is 16.8 Å². The maximum Gasteiger partial charge on any atom is 0.423 e. The van der Waals surface area contributed by atoms with Crippen molar-refractivity contribution in [3.05, 3.63) is 35.9 Å². The number of carbonyl (C=O) groups is 5. The Labute approximate surface area is 216 Å². The number of nitrogens with zero attached hydrogens (tertiary/aromatic N) is 1. The van der Waals surface area contributed by atoms with E-state index >= 15 is 0 Å². The predicted molar refractivity (Wildman–Crippen MR) is 133 cm³/mol. The summed E-state index contributed by atoms with van der Waals surface area (Å²) in [5.41, 5.74) is 10.9. The maximum atomic E-state index is 14.0. The Balaban J connectivity index is 1.51. The number of imide groups is 3. The summed E-state index contributed by atoms with van der Waals surface area (Å²) in [6.07, 6.45) is 3.74. The Hall–Kier alpha value is -3.27. The molecule has 4 bridgehead atoms. The van der Waals surface area contributed by atoms with Gasteiger partial charge in [-0.3, -0.25) is 19.2 Å². The van der Waals surface area contributed by atoms with Crippen LogP contribution in [0.15, 0.2) is 30.3 Å². The van der Waals surface area contributed by atoms with Crippen molar-refractivity contribution < 1.29 is 28.7 Å². The molecule has 1 aromatic rings. The van der Waals surface area contributed by atoms with Crippen molar-refractivity contribution in [2.45, 2.75) is 77.0 Å². The summed E-state index contributed by atoms with van der Waals surface area (Å²) in [4.78, 5) is 65.1. The second-order valence-corrected chi connectivity index (χ2v) is 11.1. The first-order chi connectivity index (χ1) is 17.6. The van der Waals surface area contributed by atoms with Crippen molar-refractivity contribution in [3.8, 4) is 0 Å². The Morgan fingerprint density at radius 1 is 1.03 bits per heavy atom. The minimum absolute atomic E-state index is 0.0913. The normalized spacial score (nSPS) is 27.1. The largest absolute Gasteiger partial charge is 0.444 e. The summed E-state index contributed by atoms with van der Waals surface area (Å²) in [5.74, 6) is -1.43. The van der Waals surface area contributed by atoms with E-state index in [9.17, 15) is 24.0 Å². The van der Waals surface area contributed by atoms with Gasteiger partial charge in [-0.15, -0.1) is 0 Å². The molecule has 0 spiro atoms. The number of hydrogen-bond acceptors (Lipinski definition) is 7. The summed E-state index contributed by atoms with van der Waals surface area (Å²) in [7, 11) is 0. The van der Waals surface area contributed by atoms with Gasteiger partial charge in [-0.1, -0.05) is 30.3 Å². The highest BCUT2D eigenvalue weighted by atomic mass is 16.6. The van der Waals surface area contributed by atoms with E-state index in [2.05, 4.69) is 5.32 Å². The van der Waals surface area contributed by atoms with Gasteiger partial charge in [-0.05, 0) is 75.2 Å². The van der Waals surface area contributed by atoms with Gasteiger partial charge < -0.3 is 21.5 Å². The molecule has 4 fully saturated rings. The average molecular weight is 513 g/mol. The molecule has 10 heteroatoms. The van der Waals surface area contributed by atoms with Crippen LogP contribution in [0, 0.1) is 23.2 Å². The van der Waals surface area contributed by atoms with Crippen LogP contribution in [0.5, 0.6) is 0 Å². The lowest BCUT2D eigenvalue weighted by atomic mass is 9.49. The molecule has 2 atom stereocenters. The van der Waals surface area contributed by atoms with Gasteiger partial charge in [0.2, 0.25) is 23.6 Å². The maximum absolute atomic E-state index is 14.0. The highest BCUT2D eigenvalue weighted by Crippen LogP contribution is 2.60. The molecule has 5 rings (SSSR count). The first-order valence-electron chi connectivity index (χ1n) is 13.0. The molecule has 0 saturated heterocycles. The van der Waals surface area contributed by atoms with E-state index < -0.39 is 47.2 Å². The van der Waals surface area contributed by atoms with Crippen LogP contribution in [0.1, 0.15) is 63.9 Å². The molecule has 5 amide bonds. The van der Waals surface area contributed by atoms with E-state index in [-0.39, 0.29) is 19.4 Å². The third-order valence-corrected chi connectivity index (χ3v) is 8.05. The summed E-state index contributed by atoms with van der Waals surface area (Å²) in [5, 5.41) is 2.41. The van der Waals surface area contributed by atoms with Gasteiger partial charge in [0.25, 0.3) is 0 Å². The minimum Gasteiger partial charge on any atom is -0.444 e. The molecular formula is C27H36N4O6. The van der Waals surface area contributed by atoms with Crippen molar-refractivity contribution in [1.82, 2.24) is 10.2 Å². The van der Waals surface area contributed by atoms with E-state index in [1.54, 1.807) is 24.3 Å². The number of hydrogen-bond donors (Lipinski definition) is 3. The molecule has 0 heterocycles. The van der Waals surface area contributed by atoms with E-state index in [0.29, 0.717) is 41.9 Å². The smallest absolute Gasteiger partial charge is 0.423 e. The number of benzene rings is 1. The summed E-state index contributed by atoms with van der Waals surface area (Å²) in [6.45, 7) is 1.36. The topological polar surface area (TPSA) is 162 Å². The highest BCUT2D eigenvalue weighted by molar-refractivity contribution is 6.10. The number of carbonyl (C=O) groups excluding carboxylic acids is 5. The number of nitrogens with two attached hydrogens (primary N) is 2. The molecule has 5 N–H and O–H groups in total. The van der Waals surface area contributed by atoms with Crippen LogP contribution in [-0.4, -0.2) is 46.7 Å². The lowest BCUT2D eigenvalue weighted by molar-refractivity contribution is -0.161. The molecule has 0 unspecified atom stereocenters. The van der Waals surface area contributed by atoms with Gasteiger partial charge in [0, 0.05) is 6.42 Å². The zero-order valence-electron chi connectivity index (χ0n) is 21.2. The molecule has 0 radical (unpaired) electrons. The van der Waals surface area contributed by atoms with Crippen molar-refractivity contribution in [2.75, 3.05) is 0 Å². The van der Waals surface area contributed by atoms with Crippen LogP contribution >= 0.6 is 0 Å². The van der Waals surface area contributed by atoms with Crippen molar-refractivity contribution in [3.63, 3.8) is 0 Å². The van der Waals surface area contributed by atoms with Gasteiger partial charge in [-0.25, -0.2) is 4.79 Å². The first-order valence-corrected chi connectivity index (χ1v) is 13.0. The number of ether oxygens (including phenoxy) is 1. The van der Waals surface area contributed by atoms with E-state index in [1.807, 2.05) is 6.07 Å². The lowest BCUT2D eigenvalue weighted by Crippen LogP contribution is -2.57. The predicted octanol–water partition coefficient (Wildman–Crippen LogP) is 1.99. The van der Waals surface area contributed by atoms with Crippen molar-refractivity contribution in [1.29, 1.82) is 0 Å². The van der Waals surface area contributed by atoms with Gasteiger partial charge in [-0.2, -0.15) is 4.90 Å². The second kappa shape index (κ2) is 11.0. The first kappa shape index (κ1) is 26.8. The molecule has 1 aromatic carbocycles. The van der Waals surface area contributed by atoms with E-state index in [1.165, 1.54) is 6.92 Å². The van der Waals surface area contributed by atoms with E-state index in [4.69, 9.17) is 16.2 Å². The van der Waals surface area contributed by atoms with Gasteiger partial charge in [0.1, 0.15) is 12.6 Å². The number of rotatable bonds is 9. The number of primary amides is 1. The highest BCUT2D eigenvalue weighted by Gasteiger charge is 2.57. The third kappa shape index (κ3) is 6.01. The molecule has 4 aliphatic carbocycles. The molecule has 10 nitrogen and oxygen atoms in total. The molecule has 37 heavy (non-hydrogen) atoms. The standard InChI is InChI=1S/C27H36N4O6/c1-16(28)24(34)30-21(23(29)33)7-8-22(32)31(26(36)37-15-17-5-3-2-4-6-17)25(35)27-12-18-9-19(13-27)11-20(10-18)14-27/h2-6,16,18-21H,7-15,28H2,1H3,(H2,29,33)(H,30,34)/t16-,18?,19?,20?,21+,27?/m0/s1. The fraction of sp³-hybridized carbons (Fsp3) is 0.593. The monoisotopic (exact) mass is 512 g/mol. The van der Waals surface area contributed by atoms with Crippen LogP contribution in [-0.2, 0) is 30.5 Å². The second-order valence-electron chi connectivity index (χ2n) is 11.1. The van der Waals surface area contributed by atoms with E-state index in [0.717, 1.165) is 24.8 Å². The quantitative estimate of drug-likeness (QED) is 0.456. The number of amides is 5. The Kier molecular flexibility index (Phi) is 7.96. The third-order valence-electron chi connectivity index (χ3n) is 8.05. The van der Waals surface area contributed by atoms with Crippen molar-refractivity contribution in [2.24, 2.45) is 34.6 Å². The van der Waals surface area contributed by atoms with Crippen LogP contribution in [0.2, 0.25) is 0 Å². The van der Waals surface area contributed by atoms with Crippen LogP contribution in [0.3, 0.4) is 0 Å². The zero-order chi connectivity index (χ0) is 26.7. The Bertz CT molecular complexity index is 1020. The molecule has 200 valence electrons. The van der Waals surface area contributed by atoms with Crippen LogP contribution in [0.25, 0.3) is 0 Å². The molecule has 0 aliphatic heterocycles. The fourth-order valence-electron chi connectivity index (χ4n) is 6.66.